The van der Waals surface area contributed by atoms with Crippen molar-refractivity contribution in [3.05, 3.63) is 0 Å². The molecule has 0 aromatic carbocycles. The minimum absolute atomic E-state index is 0.756. The molecule has 0 aromatic heterocycles. The number of hydrogen-bond donors (Lipinski definition) is 6. The van der Waals surface area contributed by atoms with E-state index in [1.54, 1.807) is 0 Å². The van der Waals surface area contributed by atoms with Crippen molar-refractivity contribution in [3.8, 4) is 0 Å². The molecule has 0 unspecified atom stereocenters. The van der Waals surface area contributed by atoms with Gasteiger partial charge in [0.15, 0.2) is 6.10 Å². The van der Waals surface area contributed by atoms with E-state index in [9.17, 15) is 14.8 Å². The first-order chi connectivity index (χ1) is 7.73. The second-order valence-electron chi connectivity index (χ2n) is 3.46. The summed E-state index contributed by atoms with van der Waals surface area (Å²) in [7, 11) is -4.76. The zero-order chi connectivity index (χ0) is 13.3. The molecule has 6 N–H and O–H groups in total. The van der Waals surface area contributed by atoms with Crippen LogP contribution in [0.4, 0.5) is 0 Å². The third-order valence-electron chi connectivity index (χ3n) is 2.24. The topological polar surface area (TPSA) is 166 Å². The van der Waals surface area contributed by atoms with Crippen molar-refractivity contribution < 1.29 is 49.1 Å². The van der Waals surface area contributed by atoms with Gasteiger partial charge in [-0.05, 0) is 0 Å². The fourth-order valence-corrected chi connectivity index (χ4v) is 1.78. The average Bonchev–Trinajstić information content (AvgIpc) is 2.47. The zero-order valence-electron chi connectivity index (χ0n) is 8.41. The normalized spacial score (nSPS) is 38.6. The van der Waals surface area contributed by atoms with Gasteiger partial charge in [0.25, 0.3) is 0 Å². The zero-order valence-corrected chi connectivity index (χ0v) is 9.30. The van der Waals surface area contributed by atoms with Crippen molar-refractivity contribution in [2.45, 2.75) is 24.1 Å². The second kappa shape index (κ2) is 5.24. The molecule has 0 bridgehead atoms. The minimum atomic E-state index is -4.76. The van der Waals surface area contributed by atoms with Crippen LogP contribution in [-0.4, -0.2) is 67.7 Å². The Morgan fingerprint density at radius 2 is 2.00 bits per heavy atom. The Balaban J connectivity index is 2.68. The fourth-order valence-electron chi connectivity index (χ4n) is 1.44. The van der Waals surface area contributed by atoms with Crippen LogP contribution >= 0.6 is 7.82 Å². The molecule has 1 aliphatic rings. The maximum absolute atomic E-state index is 10.4. The summed E-state index contributed by atoms with van der Waals surface area (Å²) >= 11 is 0. The van der Waals surface area contributed by atoms with Gasteiger partial charge in [-0.2, -0.15) is 0 Å². The van der Waals surface area contributed by atoms with Gasteiger partial charge in [0.1, 0.15) is 12.2 Å². The summed E-state index contributed by atoms with van der Waals surface area (Å²) in [5, 5.41) is 36.3. The summed E-state index contributed by atoms with van der Waals surface area (Å²) in [4.78, 5) is 20.6. The molecular weight excluding hydrogens is 263 g/mol. The van der Waals surface area contributed by atoms with Crippen molar-refractivity contribution in [1.82, 2.24) is 0 Å². The third kappa shape index (κ3) is 3.42. The quantitative estimate of drug-likeness (QED) is 0.178. The van der Waals surface area contributed by atoms with Crippen molar-refractivity contribution in [1.29, 1.82) is 0 Å². The average molecular weight is 276 g/mol. The Labute approximate surface area is 95.1 Å². The summed E-state index contributed by atoms with van der Waals surface area (Å²) in [6.45, 7) is -1.75. The standard InChI is InChI=1S/C6H13O10P/c7-2-6(9)5(16-10)4(8)3(15-6)1-14-17(11,12)13/h3-5,7-10H,1-2H2,(H2,11,12,13)/t3-,4-,5+,6-/m1/s1. The number of rotatable bonds is 5. The molecule has 0 aliphatic carbocycles. The van der Waals surface area contributed by atoms with Gasteiger partial charge in [0, 0.05) is 0 Å². The van der Waals surface area contributed by atoms with Crippen LogP contribution in [0.25, 0.3) is 0 Å². The van der Waals surface area contributed by atoms with Gasteiger partial charge in [-0.25, -0.2) is 9.45 Å². The molecule has 0 saturated carbocycles. The fraction of sp³-hybridized carbons (Fsp3) is 1.00. The Morgan fingerprint density at radius 3 is 2.35 bits per heavy atom. The summed E-state index contributed by atoms with van der Waals surface area (Å²) in [6, 6.07) is 0. The molecule has 4 atom stereocenters. The molecule has 0 radical (unpaired) electrons. The van der Waals surface area contributed by atoms with E-state index in [4.69, 9.17) is 24.9 Å². The van der Waals surface area contributed by atoms with Gasteiger partial charge in [0.05, 0.1) is 13.2 Å². The van der Waals surface area contributed by atoms with Crippen LogP contribution in [0.2, 0.25) is 0 Å². The maximum atomic E-state index is 10.4. The van der Waals surface area contributed by atoms with Crippen LogP contribution < -0.4 is 0 Å². The lowest BCUT2D eigenvalue weighted by Gasteiger charge is -2.24. The molecule has 10 nitrogen and oxygen atoms in total. The Kier molecular flexibility index (Phi) is 4.60. The molecule has 0 amide bonds. The van der Waals surface area contributed by atoms with Crippen LogP contribution in [0.3, 0.4) is 0 Å². The second-order valence-corrected chi connectivity index (χ2v) is 4.70. The molecule has 0 spiro atoms. The number of phosphoric ester groups is 1. The number of hydrogen-bond acceptors (Lipinski definition) is 8. The van der Waals surface area contributed by atoms with Gasteiger partial charge < -0.3 is 29.8 Å². The number of aliphatic hydroxyl groups is 3. The predicted octanol–water partition coefficient (Wildman–Crippen LogP) is -2.61. The Hall–Kier alpha value is -0.130. The first-order valence-electron chi connectivity index (χ1n) is 4.43. The highest BCUT2D eigenvalue weighted by Crippen LogP contribution is 2.38. The number of ether oxygens (including phenoxy) is 1. The first-order valence-corrected chi connectivity index (χ1v) is 5.96. The van der Waals surface area contributed by atoms with Gasteiger partial charge in [0.2, 0.25) is 5.79 Å². The van der Waals surface area contributed by atoms with Crippen LogP contribution in [0, 0.1) is 0 Å². The summed E-state index contributed by atoms with van der Waals surface area (Å²) in [5.41, 5.74) is 0. The smallest absolute Gasteiger partial charge is 0.391 e. The lowest BCUT2D eigenvalue weighted by molar-refractivity contribution is -0.353. The summed E-state index contributed by atoms with van der Waals surface area (Å²) in [5.74, 6) is -2.38. The number of aliphatic hydroxyl groups excluding tert-OH is 2. The maximum Gasteiger partial charge on any atom is 0.469 e. The van der Waals surface area contributed by atoms with Crippen molar-refractivity contribution in [2.24, 2.45) is 0 Å². The van der Waals surface area contributed by atoms with Crippen molar-refractivity contribution >= 4 is 7.82 Å². The minimum Gasteiger partial charge on any atom is -0.391 e. The Morgan fingerprint density at radius 1 is 1.41 bits per heavy atom. The molecule has 1 fully saturated rings. The molecule has 17 heavy (non-hydrogen) atoms. The van der Waals surface area contributed by atoms with Crippen molar-refractivity contribution in [2.75, 3.05) is 13.2 Å². The molecule has 1 heterocycles. The van der Waals surface area contributed by atoms with E-state index >= 15 is 0 Å². The van der Waals surface area contributed by atoms with E-state index in [2.05, 4.69) is 9.41 Å². The van der Waals surface area contributed by atoms with Gasteiger partial charge in [-0.1, -0.05) is 0 Å². The SMILES string of the molecule is O=P(O)(O)OC[C@H]1O[C@](O)(CO)[C@@H](OO)[C@@H]1O. The van der Waals surface area contributed by atoms with Gasteiger partial charge in [-0.3, -0.25) is 9.78 Å². The lowest BCUT2D eigenvalue weighted by Crippen LogP contribution is -2.47. The highest BCUT2D eigenvalue weighted by Gasteiger charge is 2.55. The Bertz CT molecular complexity index is 303. The number of phosphoric acid groups is 1. The third-order valence-corrected chi connectivity index (χ3v) is 2.72. The van der Waals surface area contributed by atoms with Crippen LogP contribution in [-0.2, 0) is 18.7 Å². The predicted molar refractivity (Wildman–Crippen MR) is 48.4 cm³/mol. The summed E-state index contributed by atoms with van der Waals surface area (Å²) in [6.07, 6.45) is -4.70. The molecule has 102 valence electrons. The molecular formula is C6H13O10P. The highest BCUT2D eigenvalue weighted by atomic mass is 31.2. The largest absolute Gasteiger partial charge is 0.469 e. The van der Waals surface area contributed by atoms with E-state index in [0.29, 0.717) is 0 Å². The van der Waals surface area contributed by atoms with E-state index < -0.39 is 45.1 Å². The van der Waals surface area contributed by atoms with Crippen LogP contribution in [0.5, 0.6) is 0 Å². The van der Waals surface area contributed by atoms with Gasteiger partial charge >= 0.3 is 7.82 Å². The molecule has 1 aliphatic heterocycles. The van der Waals surface area contributed by atoms with E-state index in [1.807, 2.05) is 0 Å². The summed E-state index contributed by atoms with van der Waals surface area (Å²) < 4.78 is 19.2. The van der Waals surface area contributed by atoms with Crippen LogP contribution in [0.15, 0.2) is 0 Å². The molecule has 1 rings (SSSR count). The molecule has 11 heteroatoms. The van der Waals surface area contributed by atoms with E-state index in [-0.39, 0.29) is 0 Å². The van der Waals surface area contributed by atoms with Crippen molar-refractivity contribution in [3.63, 3.8) is 0 Å². The monoisotopic (exact) mass is 276 g/mol. The van der Waals surface area contributed by atoms with Gasteiger partial charge in [-0.15, -0.1) is 0 Å². The molecule has 1 saturated heterocycles. The molecule has 0 aromatic rings. The van der Waals surface area contributed by atoms with E-state index in [1.165, 1.54) is 0 Å². The first kappa shape index (κ1) is 14.9. The van der Waals surface area contributed by atoms with E-state index in [0.717, 1.165) is 0 Å². The van der Waals surface area contributed by atoms with Crippen LogP contribution in [0.1, 0.15) is 0 Å². The highest BCUT2D eigenvalue weighted by molar-refractivity contribution is 7.46. The lowest BCUT2D eigenvalue weighted by atomic mass is 10.1.